The molecule has 0 unspecified atom stereocenters. The first-order valence-corrected chi connectivity index (χ1v) is 10.9. The minimum Gasteiger partial charge on any atom is -0.322 e. The Morgan fingerprint density at radius 3 is 1.96 bits per heavy atom. The van der Waals surface area contributed by atoms with E-state index < -0.39 is 7.26 Å². The van der Waals surface area contributed by atoms with Crippen LogP contribution >= 0.6 is 7.26 Å². The van der Waals surface area contributed by atoms with Crippen molar-refractivity contribution in [1.82, 2.24) is 0 Å². The Labute approximate surface area is 172 Å². The number of amides is 1. The molecule has 1 N–H and O–H groups in total. The summed E-state index contributed by atoms with van der Waals surface area (Å²) in [5.74, 6) is 0.221. The van der Waals surface area contributed by atoms with E-state index in [1.165, 1.54) is 0 Å². The molecular formula is C19H28N2OPY+. The third-order valence-electron chi connectivity index (χ3n) is 5.76. The van der Waals surface area contributed by atoms with E-state index in [4.69, 9.17) is 6.57 Å². The summed E-state index contributed by atoms with van der Waals surface area (Å²) in [6.07, 6.45) is 5.55. The molecule has 0 bridgehead atoms. The number of nitrogens with one attached hydrogen (secondary N) is 1. The summed E-state index contributed by atoms with van der Waals surface area (Å²) in [4.78, 5) is 16.6. The minimum atomic E-state index is -1.23. The van der Waals surface area contributed by atoms with Gasteiger partial charge in [-0.25, -0.2) is 4.85 Å². The molecule has 1 aromatic rings. The molecule has 0 heterocycles. The molecule has 1 aliphatic carbocycles. The fourth-order valence-corrected chi connectivity index (χ4v) is 8.75. The molecule has 5 heteroatoms. The molecule has 1 aromatic carbocycles. The predicted molar refractivity (Wildman–Crippen MR) is 101 cm³/mol. The third kappa shape index (κ3) is 3.62. The normalized spacial score (nSPS) is 15.2. The predicted octanol–water partition coefficient (Wildman–Crippen LogP) is 5.40. The summed E-state index contributed by atoms with van der Waals surface area (Å²) in [6, 6.07) is 3.72. The Kier molecular flexibility index (Phi) is 7.61. The fourth-order valence-electron chi connectivity index (χ4n) is 4.05. The average molecular weight is 420 g/mol. The Balaban J connectivity index is 0.00000288. The van der Waals surface area contributed by atoms with Crippen molar-refractivity contribution in [2.75, 3.05) is 23.8 Å². The largest absolute Gasteiger partial charge is 0.322 e. The molecule has 3 nitrogen and oxygen atoms in total. The van der Waals surface area contributed by atoms with E-state index in [1.807, 2.05) is 26.0 Å². The van der Waals surface area contributed by atoms with Gasteiger partial charge in [0.15, 0.2) is 10.8 Å². The Morgan fingerprint density at radius 1 is 1.17 bits per heavy atom. The average Bonchev–Trinajstić information content (AvgIpc) is 3.35. The summed E-state index contributed by atoms with van der Waals surface area (Å²) < 4.78 is 0. The van der Waals surface area contributed by atoms with Crippen molar-refractivity contribution < 1.29 is 37.5 Å². The summed E-state index contributed by atoms with van der Waals surface area (Å²) in [6.45, 7) is 17.9. The monoisotopic (exact) mass is 420 g/mol. The van der Waals surface area contributed by atoms with Crippen molar-refractivity contribution in [3.05, 3.63) is 34.7 Å². The Hall–Kier alpha value is -0.286. The van der Waals surface area contributed by atoms with Gasteiger partial charge in [-0.1, -0.05) is 12.1 Å². The van der Waals surface area contributed by atoms with Crippen molar-refractivity contribution in [1.29, 1.82) is 0 Å². The second-order valence-electron chi connectivity index (χ2n) is 6.65. The van der Waals surface area contributed by atoms with E-state index in [9.17, 15) is 4.79 Å². The van der Waals surface area contributed by atoms with Crippen LogP contribution in [0.25, 0.3) is 4.85 Å². The summed E-state index contributed by atoms with van der Waals surface area (Å²) >= 11 is 0. The SMILES string of the molecule is [C-]#[N+]c1cc(C)c(NC(=O)C2([P+](CC)(CC)CC)CC2)c(C)c1.[Y]. The van der Waals surface area contributed by atoms with Gasteiger partial charge >= 0.3 is 0 Å². The van der Waals surface area contributed by atoms with Gasteiger partial charge in [-0.05, 0) is 45.7 Å². The topological polar surface area (TPSA) is 33.5 Å². The van der Waals surface area contributed by atoms with Gasteiger partial charge in [0, 0.05) is 58.5 Å². The van der Waals surface area contributed by atoms with Crippen molar-refractivity contribution in [2.45, 2.75) is 52.6 Å². The molecule has 1 amide bonds. The van der Waals surface area contributed by atoms with Crippen LogP contribution in [0.2, 0.25) is 0 Å². The smallest absolute Gasteiger partial charge is 0.268 e. The van der Waals surface area contributed by atoms with Crippen LogP contribution in [0.3, 0.4) is 0 Å². The van der Waals surface area contributed by atoms with Crippen LogP contribution in [0.4, 0.5) is 11.4 Å². The zero-order chi connectivity index (χ0) is 17.3. The number of aryl methyl sites for hydroxylation is 2. The van der Waals surface area contributed by atoms with Gasteiger partial charge < -0.3 is 5.32 Å². The van der Waals surface area contributed by atoms with E-state index >= 15 is 0 Å². The molecule has 0 aromatic heterocycles. The van der Waals surface area contributed by atoms with Crippen LogP contribution in [0.1, 0.15) is 44.7 Å². The molecule has 1 saturated carbocycles. The molecule has 1 fully saturated rings. The maximum Gasteiger partial charge on any atom is 0.268 e. The van der Waals surface area contributed by atoms with Crippen molar-refractivity contribution in [3.8, 4) is 0 Å². The molecule has 0 atom stereocenters. The summed E-state index contributed by atoms with van der Waals surface area (Å²) in [5, 5.41) is 3.13. The van der Waals surface area contributed by atoms with Crippen molar-refractivity contribution in [3.63, 3.8) is 0 Å². The molecule has 0 saturated heterocycles. The maximum absolute atomic E-state index is 13.1. The van der Waals surface area contributed by atoms with Crippen molar-refractivity contribution in [2.24, 2.45) is 0 Å². The molecule has 0 spiro atoms. The van der Waals surface area contributed by atoms with E-state index in [0.29, 0.717) is 5.69 Å². The van der Waals surface area contributed by atoms with Crippen LogP contribution in [0.15, 0.2) is 12.1 Å². The van der Waals surface area contributed by atoms with Crippen LogP contribution in [0.5, 0.6) is 0 Å². The molecule has 2 rings (SSSR count). The quantitative estimate of drug-likeness (QED) is 0.485. The van der Waals surface area contributed by atoms with E-state index in [1.54, 1.807) is 0 Å². The fraction of sp³-hybridized carbons (Fsp3) is 0.579. The van der Waals surface area contributed by atoms with Crippen LogP contribution in [-0.2, 0) is 37.5 Å². The minimum absolute atomic E-state index is 0. The van der Waals surface area contributed by atoms with Crippen LogP contribution in [0, 0.1) is 20.4 Å². The zero-order valence-electron chi connectivity index (χ0n) is 15.6. The first-order chi connectivity index (χ1) is 10.9. The molecule has 127 valence electrons. The van der Waals surface area contributed by atoms with Gasteiger partial charge in [0.2, 0.25) is 0 Å². The standard InChI is InChI=1S/C19H27N2OP.Y/c1-7-23(8-2,9-3)19(10-11-19)18(22)21-17-14(4)12-16(20-6)13-15(17)5;/h12-13H,7-11H2,1-5H3;/p+1. The van der Waals surface area contributed by atoms with E-state index in [2.05, 4.69) is 30.9 Å². The molecule has 1 radical (unpaired) electrons. The number of hydrogen-bond donors (Lipinski definition) is 1. The van der Waals surface area contributed by atoms with Gasteiger partial charge in [-0.2, -0.15) is 0 Å². The molecular weight excluding hydrogens is 392 g/mol. The zero-order valence-corrected chi connectivity index (χ0v) is 19.3. The summed E-state index contributed by atoms with van der Waals surface area (Å²) in [5.41, 5.74) is 3.49. The number of hydrogen-bond acceptors (Lipinski definition) is 1. The molecule has 24 heavy (non-hydrogen) atoms. The molecule has 1 aliphatic rings. The maximum atomic E-state index is 13.1. The van der Waals surface area contributed by atoms with Gasteiger partial charge in [-0.3, -0.25) is 4.79 Å². The van der Waals surface area contributed by atoms with Crippen LogP contribution in [-0.4, -0.2) is 29.5 Å². The first-order valence-electron chi connectivity index (χ1n) is 8.56. The van der Waals surface area contributed by atoms with Crippen molar-refractivity contribution >= 4 is 24.5 Å². The second-order valence-corrected chi connectivity index (χ2v) is 11.7. The van der Waals surface area contributed by atoms with Gasteiger partial charge in [-0.15, -0.1) is 0 Å². The third-order valence-corrected chi connectivity index (χ3v) is 11.9. The number of benzene rings is 1. The number of anilines is 1. The van der Waals surface area contributed by atoms with E-state index in [0.717, 1.165) is 48.1 Å². The number of nitrogens with zero attached hydrogens (tertiary/aromatic N) is 1. The number of rotatable bonds is 6. The second kappa shape index (κ2) is 8.40. The van der Waals surface area contributed by atoms with Gasteiger partial charge in [0.1, 0.15) is 0 Å². The van der Waals surface area contributed by atoms with Crippen LogP contribution < -0.4 is 5.32 Å². The summed E-state index contributed by atoms with van der Waals surface area (Å²) in [7, 11) is -1.23. The molecule has 0 aliphatic heterocycles. The first kappa shape index (κ1) is 21.8. The van der Waals surface area contributed by atoms with Gasteiger partial charge in [0.25, 0.3) is 5.91 Å². The number of carbonyl (C=O) groups is 1. The van der Waals surface area contributed by atoms with E-state index in [-0.39, 0.29) is 43.8 Å². The Bertz CT molecular complexity index is 627. The Morgan fingerprint density at radius 2 is 1.62 bits per heavy atom. The number of carbonyl (C=O) groups excluding carboxylic acids is 1. The van der Waals surface area contributed by atoms with Gasteiger partial charge in [0.05, 0.1) is 25.1 Å².